The Labute approximate surface area is 97.4 Å². The molecule has 0 spiro atoms. The molecular formula is C11H12FN5. The summed E-state index contributed by atoms with van der Waals surface area (Å²) in [6.45, 7) is 1.65. The van der Waals surface area contributed by atoms with E-state index in [2.05, 4.69) is 15.5 Å². The Morgan fingerprint density at radius 1 is 1.41 bits per heavy atom. The molecule has 1 fully saturated rings. The third-order valence-electron chi connectivity index (χ3n) is 3.03. The number of nitrogens with zero attached hydrogens (tertiary/aromatic N) is 4. The van der Waals surface area contributed by atoms with Gasteiger partial charge in [0.2, 0.25) is 0 Å². The molecule has 0 radical (unpaired) electrons. The number of aromatic nitrogens is 4. The van der Waals surface area contributed by atoms with Crippen molar-refractivity contribution in [2.24, 2.45) is 0 Å². The highest BCUT2D eigenvalue weighted by atomic mass is 19.1. The zero-order valence-corrected chi connectivity index (χ0v) is 9.39. The normalized spacial score (nSPS) is 15.2. The molecule has 0 amide bonds. The molecule has 6 heteroatoms. The maximum atomic E-state index is 13.6. The Morgan fingerprint density at radius 3 is 2.82 bits per heavy atom. The van der Waals surface area contributed by atoms with Gasteiger partial charge in [-0.1, -0.05) is 0 Å². The number of tetrazole rings is 1. The predicted octanol–water partition coefficient (Wildman–Crippen LogP) is 1.70. The Bertz CT molecular complexity index is 550. The van der Waals surface area contributed by atoms with E-state index >= 15 is 0 Å². The average molecular weight is 233 g/mol. The van der Waals surface area contributed by atoms with Gasteiger partial charge in [-0.25, -0.2) is 9.07 Å². The van der Waals surface area contributed by atoms with Crippen molar-refractivity contribution in [1.82, 2.24) is 20.2 Å². The third-order valence-corrected chi connectivity index (χ3v) is 3.03. The van der Waals surface area contributed by atoms with Crippen LogP contribution in [0.3, 0.4) is 0 Å². The zero-order chi connectivity index (χ0) is 12.0. The molecule has 88 valence electrons. The summed E-state index contributed by atoms with van der Waals surface area (Å²) >= 11 is 0. The molecule has 0 bridgehead atoms. The highest BCUT2D eigenvalue weighted by molar-refractivity contribution is 5.64. The second-order valence-electron chi connectivity index (χ2n) is 4.35. The van der Waals surface area contributed by atoms with Crippen LogP contribution in [-0.2, 0) is 0 Å². The van der Waals surface area contributed by atoms with Crippen LogP contribution in [0, 0.1) is 12.7 Å². The molecule has 17 heavy (non-hydrogen) atoms. The van der Waals surface area contributed by atoms with Gasteiger partial charge in [-0.2, -0.15) is 0 Å². The van der Waals surface area contributed by atoms with E-state index in [1.165, 1.54) is 6.07 Å². The van der Waals surface area contributed by atoms with Crippen LogP contribution in [0.4, 0.5) is 10.1 Å². The van der Waals surface area contributed by atoms with Gasteiger partial charge in [0.15, 0.2) is 5.82 Å². The van der Waals surface area contributed by atoms with Crippen LogP contribution in [0.2, 0.25) is 0 Å². The van der Waals surface area contributed by atoms with Crippen LogP contribution >= 0.6 is 0 Å². The van der Waals surface area contributed by atoms with Crippen molar-refractivity contribution in [3.05, 3.63) is 23.5 Å². The van der Waals surface area contributed by atoms with Crippen molar-refractivity contribution in [2.75, 3.05) is 5.73 Å². The maximum Gasteiger partial charge on any atom is 0.182 e. The zero-order valence-electron chi connectivity index (χ0n) is 9.39. The summed E-state index contributed by atoms with van der Waals surface area (Å²) in [4.78, 5) is 0. The van der Waals surface area contributed by atoms with Gasteiger partial charge in [-0.05, 0) is 42.3 Å². The van der Waals surface area contributed by atoms with Crippen LogP contribution in [0.1, 0.15) is 24.4 Å². The standard InChI is InChI=1S/C11H12FN5/c1-6-9(12)4-7(5-10(6)13)11-14-15-16-17(11)8-2-3-8/h4-5,8H,2-3,13H2,1H3. The minimum Gasteiger partial charge on any atom is -0.398 e. The lowest BCUT2D eigenvalue weighted by Gasteiger charge is -2.06. The molecular weight excluding hydrogens is 221 g/mol. The average Bonchev–Trinajstić information content (AvgIpc) is 3.03. The van der Waals surface area contributed by atoms with E-state index in [0.29, 0.717) is 28.7 Å². The van der Waals surface area contributed by atoms with E-state index < -0.39 is 0 Å². The summed E-state index contributed by atoms with van der Waals surface area (Å²) in [5.41, 5.74) is 7.26. The summed E-state index contributed by atoms with van der Waals surface area (Å²) in [7, 11) is 0. The van der Waals surface area contributed by atoms with Gasteiger partial charge in [0, 0.05) is 16.8 Å². The number of anilines is 1. The van der Waals surface area contributed by atoms with Crippen LogP contribution in [-0.4, -0.2) is 20.2 Å². The van der Waals surface area contributed by atoms with Crippen molar-refractivity contribution in [1.29, 1.82) is 0 Å². The molecule has 1 heterocycles. The minimum atomic E-state index is -0.328. The van der Waals surface area contributed by atoms with Crippen LogP contribution in [0.25, 0.3) is 11.4 Å². The third kappa shape index (κ3) is 1.65. The largest absolute Gasteiger partial charge is 0.398 e. The van der Waals surface area contributed by atoms with Gasteiger partial charge in [0.05, 0.1) is 6.04 Å². The monoisotopic (exact) mass is 233 g/mol. The second kappa shape index (κ2) is 3.51. The van der Waals surface area contributed by atoms with Crippen LogP contribution in [0.15, 0.2) is 12.1 Å². The quantitative estimate of drug-likeness (QED) is 0.801. The topological polar surface area (TPSA) is 69.6 Å². The lowest BCUT2D eigenvalue weighted by Crippen LogP contribution is -2.01. The molecule has 0 aliphatic heterocycles. The van der Waals surface area contributed by atoms with Crippen molar-refractivity contribution in [2.45, 2.75) is 25.8 Å². The van der Waals surface area contributed by atoms with Gasteiger partial charge < -0.3 is 5.73 Å². The molecule has 3 rings (SSSR count). The minimum absolute atomic E-state index is 0.328. The number of nitrogens with two attached hydrogens (primary N) is 1. The van der Waals surface area contributed by atoms with Gasteiger partial charge in [-0.15, -0.1) is 5.10 Å². The molecule has 0 saturated heterocycles. The first kappa shape index (κ1) is 10.2. The molecule has 2 aromatic rings. The van der Waals surface area contributed by atoms with E-state index in [-0.39, 0.29) is 5.82 Å². The molecule has 1 aromatic carbocycles. The van der Waals surface area contributed by atoms with E-state index in [0.717, 1.165) is 12.8 Å². The van der Waals surface area contributed by atoms with Gasteiger partial charge in [-0.3, -0.25) is 0 Å². The van der Waals surface area contributed by atoms with Crippen LogP contribution in [0.5, 0.6) is 0 Å². The Balaban J connectivity index is 2.11. The molecule has 1 aliphatic rings. The Hall–Kier alpha value is -1.98. The summed E-state index contributed by atoms with van der Waals surface area (Å²) in [6, 6.07) is 3.49. The van der Waals surface area contributed by atoms with Gasteiger partial charge in [0.1, 0.15) is 5.82 Å². The summed E-state index contributed by atoms with van der Waals surface area (Å²) < 4.78 is 15.4. The van der Waals surface area contributed by atoms with Crippen LogP contribution < -0.4 is 5.73 Å². The lowest BCUT2D eigenvalue weighted by molar-refractivity contribution is 0.610. The van der Waals surface area contributed by atoms with E-state index in [9.17, 15) is 4.39 Å². The SMILES string of the molecule is Cc1c(N)cc(-c2nnnn2C2CC2)cc1F. The number of benzene rings is 1. The smallest absolute Gasteiger partial charge is 0.182 e. The van der Waals surface area contributed by atoms with Gasteiger partial charge >= 0.3 is 0 Å². The highest BCUT2D eigenvalue weighted by Crippen LogP contribution is 2.37. The molecule has 1 aromatic heterocycles. The van der Waals surface area contributed by atoms with Crippen molar-refractivity contribution < 1.29 is 4.39 Å². The van der Waals surface area contributed by atoms with Crippen molar-refractivity contribution in [3.8, 4) is 11.4 Å². The number of hydrogen-bond acceptors (Lipinski definition) is 4. The summed E-state index contributed by atoms with van der Waals surface area (Å²) in [5, 5.41) is 11.5. The number of nitrogen functional groups attached to an aromatic ring is 1. The molecule has 0 atom stereocenters. The first-order valence-electron chi connectivity index (χ1n) is 5.50. The number of hydrogen-bond donors (Lipinski definition) is 1. The molecule has 1 aliphatic carbocycles. The molecule has 1 saturated carbocycles. The predicted molar refractivity (Wildman–Crippen MR) is 60.6 cm³/mol. The Morgan fingerprint density at radius 2 is 2.18 bits per heavy atom. The highest BCUT2D eigenvalue weighted by Gasteiger charge is 2.28. The molecule has 0 unspecified atom stereocenters. The van der Waals surface area contributed by atoms with E-state index in [1.54, 1.807) is 17.7 Å². The van der Waals surface area contributed by atoms with E-state index in [4.69, 9.17) is 5.73 Å². The fraction of sp³-hybridized carbons (Fsp3) is 0.364. The summed E-state index contributed by atoms with van der Waals surface area (Å²) in [6.07, 6.45) is 2.14. The van der Waals surface area contributed by atoms with Crippen molar-refractivity contribution >= 4 is 5.69 Å². The first-order valence-corrected chi connectivity index (χ1v) is 5.50. The Kier molecular flexibility index (Phi) is 2.10. The maximum absolute atomic E-state index is 13.6. The van der Waals surface area contributed by atoms with Crippen molar-refractivity contribution in [3.63, 3.8) is 0 Å². The first-order chi connectivity index (χ1) is 8.16. The fourth-order valence-corrected chi connectivity index (χ4v) is 1.78. The van der Waals surface area contributed by atoms with E-state index in [1.807, 2.05) is 0 Å². The number of halogens is 1. The fourth-order valence-electron chi connectivity index (χ4n) is 1.78. The summed E-state index contributed by atoms with van der Waals surface area (Å²) in [5.74, 6) is 0.253. The molecule has 2 N–H and O–H groups in total. The number of rotatable bonds is 2. The lowest BCUT2D eigenvalue weighted by atomic mass is 10.1. The molecule has 5 nitrogen and oxygen atoms in total. The van der Waals surface area contributed by atoms with Gasteiger partial charge in [0.25, 0.3) is 0 Å². The second-order valence-corrected chi connectivity index (χ2v) is 4.35.